The van der Waals surface area contributed by atoms with Crippen molar-refractivity contribution in [2.24, 2.45) is 0 Å². The summed E-state index contributed by atoms with van der Waals surface area (Å²) in [6, 6.07) is 15.5. The highest BCUT2D eigenvalue weighted by Gasteiger charge is 2.42. The Hall–Kier alpha value is -1.31. The first kappa shape index (κ1) is 26.0. The number of hydrogen-bond acceptors (Lipinski definition) is 2. The lowest BCUT2D eigenvalue weighted by Crippen LogP contribution is -2.45. The smallest absolute Gasteiger partial charge is 0.250 e. The number of halogens is 1. The van der Waals surface area contributed by atoms with E-state index in [2.05, 4.69) is 120 Å². The number of rotatable bonds is 6. The summed E-state index contributed by atoms with van der Waals surface area (Å²) in [5.41, 5.74) is 2.11. The summed E-state index contributed by atoms with van der Waals surface area (Å²) in [4.78, 5) is 0. The standard InChI is InChI=1S/C26H38BrO2Si2/c1-25(2,3)30(7,8)28-23-18-16-20(15-17-21-13-11-12-14-22(21)27)19-24(23)29-31(9,10)26(4,5)6/h11-12,14-19H,1-10H3. The van der Waals surface area contributed by atoms with E-state index in [-0.39, 0.29) is 10.1 Å². The molecule has 0 unspecified atom stereocenters. The van der Waals surface area contributed by atoms with Crippen molar-refractivity contribution in [3.8, 4) is 11.5 Å². The average Bonchev–Trinajstić information content (AvgIpc) is 2.60. The van der Waals surface area contributed by atoms with Crippen molar-refractivity contribution in [2.45, 2.75) is 77.8 Å². The third kappa shape index (κ3) is 6.59. The molecule has 0 heterocycles. The van der Waals surface area contributed by atoms with Crippen LogP contribution in [0, 0.1) is 6.07 Å². The molecule has 169 valence electrons. The Morgan fingerprint density at radius 1 is 0.806 bits per heavy atom. The Morgan fingerprint density at radius 2 is 1.35 bits per heavy atom. The fraction of sp³-hybridized carbons (Fsp3) is 0.462. The SMILES string of the molecule is CC(C)(C)[Si](C)(C)Oc1ccc(C=Cc2[c]cccc2Br)cc1O[Si](C)(C)C(C)(C)C. The second-order valence-electron chi connectivity index (χ2n) is 11.2. The molecular weight excluding hydrogens is 480 g/mol. The monoisotopic (exact) mass is 517 g/mol. The van der Waals surface area contributed by atoms with E-state index in [1.165, 1.54) is 0 Å². The van der Waals surface area contributed by atoms with E-state index in [4.69, 9.17) is 8.85 Å². The van der Waals surface area contributed by atoms with Gasteiger partial charge in [0.15, 0.2) is 0 Å². The topological polar surface area (TPSA) is 18.5 Å². The molecule has 0 aliphatic heterocycles. The zero-order chi connectivity index (χ0) is 23.7. The summed E-state index contributed by atoms with van der Waals surface area (Å²) in [5, 5.41) is 0.228. The molecule has 0 aliphatic carbocycles. The van der Waals surface area contributed by atoms with Crippen molar-refractivity contribution in [3.63, 3.8) is 0 Å². The highest BCUT2D eigenvalue weighted by atomic mass is 79.9. The fourth-order valence-electron chi connectivity index (χ4n) is 2.38. The predicted molar refractivity (Wildman–Crippen MR) is 144 cm³/mol. The minimum atomic E-state index is -2.02. The lowest BCUT2D eigenvalue weighted by molar-refractivity contribution is 0.440. The van der Waals surface area contributed by atoms with Gasteiger partial charge in [-0.15, -0.1) is 0 Å². The van der Waals surface area contributed by atoms with Gasteiger partial charge in [-0.1, -0.05) is 87.8 Å². The Balaban J connectivity index is 2.47. The van der Waals surface area contributed by atoms with Gasteiger partial charge in [-0.05, 0) is 71.7 Å². The van der Waals surface area contributed by atoms with E-state index in [1.54, 1.807) is 0 Å². The van der Waals surface area contributed by atoms with E-state index in [0.717, 1.165) is 27.1 Å². The molecule has 2 aromatic carbocycles. The summed E-state index contributed by atoms with van der Waals surface area (Å²) in [6.07, 6.45) is 4.18. The van der Waals surface area contributed by atoms with Crippen LogP contribution in [0.2, 0.25) is 36.3 Å². The van der Waals surface area contributed by atoms with Gasteiger partial charge in [-0.25, -0.2) is 0 Å². The molecule has 2 rings (SSSR count). The van der Waals surface area contributed by atoms with Crippen LogP contribution in [0.25, 0.3) is 12.2 Å². The lowest BCUT2D eigenvalue weighted by Gasteiger charge is -2.39. The van der Waals surface area contributed by atoms with Crippen LogP contribution in [0.5, 0.6) is 11.5 Å². The summed E-state index contributed by atoms with van der Waals surface area (Å²) in [5.74, 6) is 1.72. The maximum Gasteiger partial charge on any atom is 0.250 e. The Bertz CT molecular complexity index is 935. The first-order valence-electron chi connectivity index (χ1n) is 10.9. The minimum absolute atomic E-state index is 0.108. The highest BCUT2D eigenvalue weighted by molar-refractivity contribution is 9.10. The molecule has 31 heavy (non-hydrogen) atoms. The van der Waals surface area contributed by atoms with Crippen molar-refractivity contribution in [3.05, 3.63) is 58.1 Å². The Morgan fingerprint density at radius 3 is 1.87 bits per heavy atom. The molecule has 0 aliphatic rings. The predicted octanol–water partition coefficient (Wildman–Crippen LogP) is 9.19. The molecule has 0 fully saturated rings. The van der Waals surface area contributed by atoms with Gasteiger partial charge in [-0.2, -0.15) is 0 Å². The summed E-state index contributed by atoms with van der Waals surface area (Å²) in [7, 11) is -4.01. The Kier molecular flexibility index (Phi) is 7.77. The van der Waals surface area contributed by atoms with Crippen LogP contribution in [-0.2, 0) is 0 Å². The summed E-state index contributed by atoms with van der Waals surface area (Å²) in [6.45, 7) is 22.7. The maximum atomic E-state index is 6.76. The minimum Gasteiger partial charge on any atom is -0.541 e. The normalized spacial score (nSPS) is 13.5. The van der Waals surface area contributed by atoms with Crippen molar-refractivity contribution >= 4 is 44.7 Å². The van der Waals surface area contributed by atoms with Gasteiger partial charge in [0.05, 0.1) is 0 Å². The molecule has 2 aromatic rings. The molecule has 0 spiro atoms. The third-order valence-electron chi connectivity index (χ3n) is 6.59. The van der Waals surface area contributed by atoms with E-state index in [1.807, 2.05) is 18.2 Å². The second-order valence-corrected chi connectivity index (χ2v) is 21.5. The van der Waals surface area contributed by atoms with Gasteiger partial charge in [-0.3, -0.25) is 0 Å². The molecule has 5 heteroatoms. The van der Waals surface area contributed by atoms with E-state index >= 15 is 0 Å². The summed E-state index contributed by atoms with van der Waals surface area (Å²) >= 11 is 3.59. The third-order valence-corrected chi connectivity index (χ3v) is 16.0. The largest absolute Gasteiger partial charge is 0.541 e. The molecule has 0 saturated carbocycles. The zero-order valence-corrected chi connectivity index (χ0v) is 24.4. The van der Waals surface area contributed by atoms with E-state index in [9.17, 15) is 0 Å². The average molecular weight is 519 g/mol. The van der Waals surface area contributed by atoms with Gasteiger partial charge < -0.3 is 8.85 Å². The van der Waals surface area contributed by atoms with Gasteiger partial charge in [0.2, 0.25) is 0 Å². The zero-order valence-electron chi connectivity index (χ0n) is 20.8. The van der Waals surface area contributed by atoms with Crippen LogP contribution >= 0.6 is 15.9 Å². The van der Waals surface area contributed by atoms with Crippen molar-refractivity contribution in [1.29, 1.82) is 0 Å². The molecule has 0 N–H and O–H groups in total. The van der Waals surface area contributed by atoms with Crippen LogP contribution in [0.15, 0.2) is 40.9 Å². The van der Waals surface area contributed by atoms with E-state index < -0.39 is 16.6 Å². The quantitative estimate of drug-likeness (QED) is 0.280. The van der Waals surface area contributed by atoms with Crippen LogP contribution < -0.4 is 8.85 Å². The van der Waals surface area contributed by atoms with Crippen LogP contribution in [0.1, 0.15) is 52.7 Å². The van der Waals surface area contributed by atoms with Crippen LogP contribution in [-0.4, -0.2) is 16.6 Å². The molecular formula is C26H38BrO2Si2. The number of benzene rings is 2. The van der Waals surface area contributed by atoms with Gasteiger partial charge in [0.25, 0.3) is 16.6 Å². The van der Waals surface area contributed by atoms with Crippen molar-refractivity contribution in [2.75, 3.05) is 0 Å². The van der Waals surface area contributed by atoms with Crippen molar-refractivity contribution < 1.29 is 8.85 Å². The maximum absolute atomic E-state index is 6.76. The van der Waals surface area contributed by atoms with Gasteiger partial charge >= 0.3 is 0 Å². The van der Waals surface area contributed by atoms with E-state index in [0.29, 0.717) is 0 Å². The molecule has 1 radical (unpaired) electrons. The molecule has 0 aromatic heterocycles. The summed E-state index contributed by atoms with van der Waals surface area (Å²) < 4.78 is 14.5. The van der Waals surface area contributed by atoms with Crippen LogP contribution in [0.4, 0.5) is 0 Å². The Labute approximate surface area is 200 Å². The second kappa shape index (κ2) is 9.28. The first-order chi connectivity index (χ1) is 14.0. The molecule has 2 nitrogen and oxygen atoms in total. The first-order valence-corrected chi connectivity index (χ1v) is 17.5. The van der Waals surface area contributed by atoms with Gasteiger partial charge in [0.1, 0.15) is 11.5 Å². The molecule has 0 bridgehead atoms. The van der Waals surface area contributed by atoms with Crippen molar-refractivity contribution in [1.82, 2.24) is 0 Å². The number of hydrogen-bond donors (Lipinski definition) is 0. The molecule has 0 amide bonds. The molecule has 0 saturated heterocycles. The highest BCUT2D eigenvalue weighted by Crippen LogP contribution is 2.43. The van der Waals surface area contributed by atoms with Gasteiger partial charge in [0, 0.05) is 4.47 Å². The fourth-order valence-corrected chi connectivity index (χ4v) is 4.82. The van der Waals surface area contributed by atoms with Crippen LogP contribution in [0.3, 0.4) is 0 Å². The molecule has 0 atom stereocenters. The lowest BCUT2D eigenvalue weighted by atomic mass is 10.1.